The number of aromatic carboxylic acids is 1. The summed E-state index contributed by atoms with van der Waals surface area (Å²) in [5, 5.41) is 15.4. The van der Waals surface area contributed by atoms with Crippen LogP contribution >= 0.6 is 0 Å². The van der Waals surface area contributed by atoms with Gasteiger partial charge in [-0.15, -0.1) is 0 Å². The van der Waals surface area contributed by atoms with E-state index in [0.29, 0.717) is 26.2 Å². The van der Waals surface area contributed by atoms with E-state index in [-0.39, 0.29) is 11.5 Å². The van der Waals surface area contributed by atoms with Crippen molar-refractivity contribution in [2.45, 2.75) is 6.42 Å². The largest absolute Gasteiger partial charge is 0.478 e. The zero-order valence-corrected chi connectivity index (χ0v) is 19.6. The van der Waals surface area contributed by atoms with E-state index >= 15 is 0 Å². The second-order valence-electron chi connectivity index (χ2n) is 8.05. The minimum atomic E-state index is -0.953. The number of hydrogen-bond acceptors (Lipinski definition) is 5. The van der Waals surface area contributed by atoms with Gasteiger partial charge in [0.15, 0.2) is 5.96 Å². The van der Waals surface area contributed by atoms with Gasteiger partial charge in [0.25, 0.3) is 0 Å². The normalized spacial score (nSPS) is 14.6. The van der Waals surface area contributed by atoms with Crippen LogP contribution in [0.15, 0.2) is 59.6 Å². The SMILES string of the molecule is COCCNC(=O)CN1CCN(C(=NCCc2ccccc2)Nc2ccc(C(=O)O)cc2)CC1. The van der Waals surface area contributed by atoms with E-state index in [9.17, 15) is 9.59 Å². The summed E-state index contributed by atoms with van der Waals surface area (Å²) in [5.41, 5.74) is 2.25. The number of carboxylic acid groups (broad SMARTS) is 1. The van der Waals surface area contributed by atoms with Crippen molar-refractivity contribution < 1.29 is 19.4 Å². The molecule has 0 aliphatic carbocycles. The third-order valence-corrected chi connectivity index (χ3v) is 5.56. The number of amides is 1. The Hall–Kier alpha value is -3.43. The molecule has 1 amide bonds. The molecular formula is C25H33N5O4. The van der Waals surface area contributed by atoms with Gasteiger partial charge in [-0.05, 0) is 36.2 Å². The lowest BCUT2D eigenvalue weighted by molar-refractivity contribution is -0.122. The average Bonchev–Trinajstić information content (AvgIpc) is 2.85. The predicted molar refractivity (Wildman–Crippen MR) is 132 cm³/mol. The van der Waals surface area contributed by atoms with Crippen LogP contribution in [0.25, 0.3) is 0 Å². The summed E-state index contributed by atoms with van der Waals surface area (Å²) in [6.07, 6.45) is 0.825. The van der Waals surface area contributed by atoms with Crippen molar-refractivity contribution in [3.63, 3.8) is 0 Å². The van der Waals surface area contributed by atoms with Gasteiger partial charge in [-0.25, -0.2) is 4.79 Å². The van der Waals surface area contributed by atoms with Gasteiger partial charge in [0.1, 0.15) is 0 Å². The molecule has 9 nitrogen and oxygen atoms in total. The highest BCUT2D eigenvalue weighted by molar-refractivity contribution is 5.94. The van der Waals surface area contributed by atoms with E-state index in [2.05, 4.69) is 32.6 Å². The summed E-state index contributed by atoms with van der Waals surface area (Å²) in [6.45, 7) is 4.96. The first kappa shape index (κ1) is 25.2. The number of hydrogen-bond donors (Lipinski definition) is 3. The molecule has 0 bridgehead atoms. The number of methoxy groups -OCH3 is 1. The number of rotatable bonds is 10. The van der Waals surface area contributed by atoms with Gasteiger partial charge in [0, 0.05) is 52.1 Å². The van der Waals surface area contributed by atoms with E-state index in [0.717, 1.165) is 44.2 Å². The number of carbonyl (C=O) groups excluding carboxylic acids is 1. The predicted octanol–water partition coefficient (Wildman–Crippen LogP) is 1.78. The highest BCUT2D eigenvalue weighted by atomic mass is 16.5. The second kappa shape index (κ2) is 13.3. The quantitative estimate of drug-likeness (QED) is 0.278. The summed E-state index contributed by atoms with van der Waals surface area (Å²) in [5.74, 6) is -0.201. The molecule has 2 aromatic rings. The smallest absolute Gasteiger partial charge is 0.335 e. The molecule has 1 heterocycles. The van der Waals surface area contributed by atoms with Crippen LogP contribution < -0.4 is 10.6 Å². The summed E-state index contributed by atoms with van der Waals surface area (Å²) in [6, 6.07) is 16.9. The zero-order chi connectivity index (χ0) is 24.2. The van der Waals surface area contributed by atoms with E-state index in [1.165, 1.54) is 5.56 Å². The van der Waals surface area contributed by atoms with Crippen molar-refractivity contribution in [3.05, 3.63) is 65.7 Å². The van der Waals surface area contributed by atoms with Gasteiger partial charge in [0.2, 0.25) is 5.91 Å². The maximum atomic E-state index is 12.1. The van der Waals surface area contributed by atoms with Crippen molar-refractivity contribution >= 4 is 23.5 Å². The Morgan fingerprint density at radius 3 is 2.38 bits per heavy atom. The van der Waals surface area contributed by atoms with Crippen LogP contribution in [0.4, 0.5) is 5.69 Å². The highest BCUT2D eigenvalue weighted by Crippen LogP contribution is 2.12. The first-order valence-electron chi connectivity index (χ1n) is 11.5. The molecule has 182 valence electrons. The van der Waals surface area contributed by atoms with Gasteiger partial charge in [-0.3, -0.25) is 14.7 Å². The topological polar surface area (TPSA) is 107 Å². The fourth-order valence-electron chi connectivity index (χ4n) is 3.65. The monoisotopic (exact) mass is 467 g/mol. The second-order valence-corrected chi connectivity index (χ2v) is 8.05. The molecule has 9 heteroatoms. The Balaban J connectivity index is 1.60. The fourth-order valence-corrected chi connectivity index (χ4v) is 3.65. The Morgan fingerprint density at radius 1 is 1.03 bits per heavy atom. The number of nitrogens with one attached hydrogen (secondary N) is 2. The number of carboxylic acids is 1. The minimum absolute atomic E-state index is 0.00102. The Bertz CT molecular complexity index is 942. The van der Waals surface area contributed by atoms with Crippen LogP contribution in [0, 0.1) is 0 Å². The number of aliphatic imine (C=N–C) groups is 1. The van der Waals surface area contributed by atoms with Crippen molar-refractivity contribution in [2.75, 3.05) is 64.8 Å². The van der Waals surface area contributed by atoms with Crippen LogP contribution in [0.5, 0.6) is 0 Å². The minimum Gasteiger partial charge on any atom is -0.478 e. The van der Waals surface area contributed by atoms with Crippen LogP contribution in [-0.2, 0) is 16.0 Å². The molecule has 0 unspecified atom stereocenters. The van der Waals surface area contributed by atoms with Gasteiger partial charge in [0.05, 0.1) is 18.7 Å². The number of ether oxygens (including phenoxy) is 1. The lowest BCUT2D eigenvalue weighted by Gasteiger charge is -2.36. The Morgan fingerprint density at radius 2 is 1.74 bits per heavy atom. The van der Waals surface area contributed by atoms with Gasteiger partial charge in [-0.2, -0.15) is 0 Å². The van der Waals surface area contributed by atoms with Gasteiger partial charge >= 0.3 is 5.97 Å². The average molecular weight is 468 g/mol. The maximum absolute atomic E-state index is 12.1. The van der Waals surface area contributed by atoms with E-state index in [4.69, 9.17) is 14.8 Å². The van der Waals surface area contributed by atoms with Gasteiger partial charge < -0.3 is 25.4 Å². The Kier molecular flexibility index (Phi) is 9.87. The molecule has 2 aromatic carbocycles. The van der Waals surface area contributed by atoms with E-state index in [1.54, 1.807) is 31.4 Å². The summed E-state index contributed by atoms with van der Waals surface area (Å²) in [7, 11) is 1.61. The number of guanidine groups is 1. The molecule has 0 saturated carbocycles. The van der Waals surface area contributed by atoms with Gasteiger partial charge in [-0.1, -0.05) is 30.3 Å². The first-order valence-corrected chi connectivity index (χ1v) is 11.5. The third-order valence-electron chi connectivity index (χ3n) is 5.56. The maximum Gasteiger partial charge on any atom is 0.335 e. The number of benzene rings is 2. The summed E-state index contributed by atoms with van der Waals surface area (Å²) in [4.78, 5) is 32.4. The van der Waals surface area contributed by atoms with Crippen molar-refractivity contribution in [2.24, 2.45) is 4.99 Å². The molecule has 34 heavy (non-hydrogen) atoms. The Labute approximate surface area is 200 Å². The molecule has 0 radical (unpaired) electrons. The number of anilines is 1. The molecule has 1 saturated heterocycles. The van der Waals surface area contributed by atoms with Crippen LogP contribution in [0.3, 0.4) is 0 Å². The van der Waals surface area contributed by atoms with Crippen LogP contribution in [0.1, 0.15) is 15.9 Å². The van der Waals surface area contributed by atoms with E-state index < -0.39 is 5.97 Å². The lowest BCUT2D eigenvalue weighted by atomic mass is 10.2. The molecule has 3 N–H and O–H groups in total. The number of nitrogens with zero attached hydrogens (tertiary/aromatic N) is 3. The van der Waals surface area contributed by atoms with Crippen molar-refractivity contribution in [1.82, 2.24) is 15.1 Å². The molecular weight excluding hydrogens is 434 g/mol. The first-order chi connectivity index (χ1) is 16.5. The third kappa shape index (κ3) is 8.17. The van der Waals surface area contributed by atoms with Crippen molar-refractivity contribution in [3.8, 4) is 0 Å². The summed E-state index contributed by atoms with van der Waals surface area (Å²) < 4.78 is 4.97. The van der Waals surface area contributed by atoms with E-state index in [1.807, 2.05) is 18.2 Å². The van der Waals surface area contributed by atoms with Crippen LogP contribution in [0.2, 0.25) is 0 Å². The molecule has 0 aromatic heterocycles. The number of piperazine rings is 1. The highest BCUT2D eigenvalue weighted by Gasteiger charge is 2.21. The molecule has 1 aliphatic rings. The lowest BCUT2D eigenvalue weighted by Crippen LogP contribution is -2.52. The standard InChI is InChI=1S/C25H33N5O4/c1-34-18-13-26-23(31)19-29-14-16-30(17-15-29)25(27-12-11-20-5-3-2-4-6-20)28-22-9-7-21(8-10-22)24(32)33/h2-10H,11-19H2,1H3,(H,26,31)(H,27,28)(H,32,33). The molecule has 1 aliphatic heterocycles. The van der Waals surface area contributed by atoms with Crippen LogP contribution in [-0.4, -0.2) is 92.3 Å². The molecule has 3 rings (SSSR count). The molecule has 1 fully saturated rings. The molecule has 0 atom stereocenters. The van der Waals surface area contributed by atoms with Crippen molar-refractivity contribution in [1.29, 1.82) is 0 Å². The molecule has 0 spiro atoms. The fraction of sp³-hybridized carbons (Fsp3) is 0.400. The zero-order valence-electron chi connectivity index (χ0n) is 19.6. The number of carbonyl (C=O) groups is 2. The summed E-state index contributed by atoms with van der Waals surface area (Å²) >= 11 is 0.